The van der Waals surface area contributed by atoms with Crippen molar-refractivity contribution in [3.63, 3.8) is 0 Å². The lowest BCUT2D eigenvalue weighted by Crippen LogP contribution is -2.28. The minimum Gasteiger partial charge on any atom is -0.465 e. The Bertz CT molecular complexity index is 1100. The van der Waals surface area contributed by atoms with Crippen molar-refractivity contribution in [3.05, 3.63) is 83.1 Å². The van der Waals surface area contributed by atoms with Crippen molar-refractivity contribution in [2.45, 2.75) is 91.1 Å². The average Bonchev–Trinajstić information content (AvgIpc) is 2.99. The highest BCUT2D eigenvalue weighted by Crippen LogP contribution is 2.26. The molecule has 2 aromatic carbocycles. The van der Waals surface area contributed by atoms with Crippen LogP contribution in [-0.4, -0.2) is 30.9 Å². The standard InChI is InChI=1S/C17H23NO2.C9H14O3.C8H11N/c1-3-20-17(19)15-11-7-8-12-16(15)18-13(2)14-9-5-4-6-10-14;1-2-12-9(11)7-5-3-4-6-8(7)10;1-7(9)8-5-3-2-4-6-8/h4-6,9-10,13,18H,3,7-8,11-12H2,1-2H3;7H,2-6H2,1H3;2-7H,9H2,1H3/t13-;;/m1../s1. The Morgan fingerprint density at radius 2 is 1.39 bits per heavy atom. The molecule has 4 rings (SSSR count). The molecule has 0 radical (unpaired) electrons. The van der Waals surface area contributed by atoms with Crippen molar-refractivity contribution in [2.75, 3.05) is 13.2 Å². The lowest BCUT2D eigenvalue weighted by atomic mass is 9.88. The van der Waals surface area contributed by atoms with Crippen LogP contribution in [0.1, 0.15) is 102 Å². The maximum absolute atomic E-state index is 12.0. The third-order valence-corrected chi connectivity index (χ3v) is 7.13. The first kappa shape index (κ1) is 33.8. The monoisotopic (exact) mass is 564 g/mol. The highest BCUT2D eigenvalue weighted by Gasteiger charge is 2.29. The molecule has 0 amide bonds. The second kappa shape index (κ2) is 18.8. The second-order valence-electron chi connectivity index (χ2n) is 10.4. The zero-order chi connectivity index (χ0) is 30.0. The van der Waals surface area contributed by atoms with Gasteiger partial charge < -0.3 is 20.5 Å². The summed E-state index contributed by atoms with van der Waals surface area (Å²) in [4.78, 5) is 34.4. The molecule has 7 nitrogen and oxygen atoms in total. The molecule has 0 aliphatic heterocycles. The Balaban J connectivity index is 0.000000237. The highest BCUT2D eigenvalue weighted by molar-refractivity contribution is 5.99. The van der Waals surface area contributed by atoms with Gasteiger partial charge >= 0.3 is 11.9 Å². The van der Waals surface area contributed by atoms with Gasteiger partial charge in [0.15, 0.2) is 0 Å². The van der Waals surface area contributed by atoms with Gasteiger partial charge in [0.2, 0.25) is 0 Å². The van der Waals surface area contributed by atoms with Gasteiger partial charge in [-0.3, -0.25) is 9.59 Å². The third kappa shape index (κ3) is 11.9. The summed E-state index contributed by atoms with van der Waals surface area (Å²) < 4.78 is 9.95. The van der Waals surface area contributed by atoms with Crippen molar-refractivity contribution in [3.8, 4) is 0 Å². The molecule has 3 N–H and O–H groups in total. The lowest BCUT2D eigenvalue weighted by Gasteiger charge is -2.24. The summed E-state index contributed by atoms with van der Waals surface area (Å²) >= 11 is 0. The molecule has 41 heavy (non-hydrogen) atoms. The van der Waals surface area contributed by atoms with Gasteiger partial charge in [0.25, 0.3) is 0 Å². The number of nitrogens with two attached hydrogens (primary N) is 1. The van der Waals surface area contributed by atoms with Crippen molar-refractivity contribution in [2.24, 2.45) is 11.7 Å². The number of ketones is 1. The van der Waals surface area contributed by atoms with E-state index in [4.69, 9.17) is 15.2 Å². The van der Waals surface area contributed by atoms with E-state index in [0.717, 1.165) is 49.8 Å². The van der Waals surface area contributed by atoms with Gasteiger partial charge in [-0.05, 0) is 77.3 Å². The van der Waals surface area contributed by atoms with Crippen LogP contribution >= 0.6 is 0 Å². The summed E-state index contributed by atoms with van der Waals surface area (Å²) in [6, 6.07) is 20.7. The third-order valence-electron chi connectivity index (χ3n) is 7.13. The van der Waals surface area contributed by atoms with E-state index in [2.05, 4.69) is 24.4 Å². The Morgan fingerprint density at radius 3 is 1.93 bits per heavy atom. The number of carbonyl (C=O) groups is 3. The molecule has 3 atom stereocenters. The molecule has 2 unspecified atom stereocenters. The number of hydrogen-bond donors (Lipinski definition) is 2. The van der Waals surface area contributed by atoms with E-state index in [1.54, 1.807) is 6.92 Å². The summed E-state index contributed by atoms with van der Waals surface area (Å²) in [6.45, 7) is 8.51. The Morgan fingerprint density at radius 1 is 0.829 bits per heavy atom. The molecule has 0 spiro atoms. The topological polar surface area (TPSA) is 108 Å². The molecule has 7 heteroatoms. The Labute approximate surface area is 245 Å². The normalized spacial score (nSPS) is 18.0. The predicted molar refractivity (Wildman–Crippen MR) is 163 cm³/mol. The van der Waals surface area contributed by atoms with Gasteiger partial charge in [-0.2, -0.15) is 0 Å². The molecule has 2 aliphatic rings. The summed E-state index contributed by atoms with van der Waals surface area (Å²) in [7, 11) is 0. The highest BCUT2D eigenvalue weighted by atomic mass is 16.5. The first-order valence-electron chi connectivity index (χ1n) is 15.0. The molecule has 2 aromatic rings. The van der Waals surface area contributed by atoms with E-state index in [1.165, 1.54) is 11.1 Å². The largest absolute Gasteiger partial charge is 0.465 e. The van der Waals surface area contributed by atoms with Crippen LogP contribution in [0.3, 0.4) is 0 Å². The van der Waals surface area contributed by atoms with Gasteiger partial charge in [-0.25, -0.2) is 4.79 Å². The van der Waals surface area contributed by atoms with E-state index in [-0.39, 0.29) is 29.8 Å². The first-order valence-corrected chi connectivity index (χ1v) is 15.0. The fourth-order valence-corrected chi connectivity index (χ4v) is 4.83. The quantitative estimate of drug-likeness (QED) is 0.270. The van der Waals surface area contributed by atoms with Gasteiger partial charge in [0, 0.05) is 24.2 Å². The summed E-state index contributed by atoms with van der Waals surface area (Å²) in [5.41, 5.74) is 9.93. The molecule has 0 heterocycles. The minimum atomic E-state index is -0.460. The van der Waals surface area contributed by atoms with Gasteiger partial charge in [0.05, 0.1) is 18.8 Å². The van der Waals surface area contributed by atoms with Crippen LogP contribution in [0, 0.1) is 5.92 Å². The smallest absolute Gasteiger partial charge is 0.335 e. The van der Waals surface area contributed by atoms with E-state index < -0.39 is 5.92 Å². The number of benzene rings is 2. The molecule has 224 valence electrons. The molecule has 1 fully saturated rings. The molecule has 1 saturated carbocycles. The Hall–Kier alpha value is -3.45. The Kier molecular flexibility index (Phi) is 15.5. The van der Waals surface area contributed by atoms with E-state index in [9.17, 15) is 14.4 Å². The lowest BCUT2D eigenvalue weighted by molar-refractivity contribution is -0.152. The van der Waals surface area contributed by atoms with Crippen LogP contribution < -0.4 is 11.1 Å². The van der Waals surface area contributed by atoms with Gasteiger partial charge in [-0.15, -0.1) is 0 Å². The molecular weight excluding hydrogens is 516 g/mol. The zero-order valence-electron chi connectivity index (χ0n) is 25.2. The number of hydrogen-bond acceptors (Lipinski definition) is 7. The van der Waals surface area contributed by atoms with Gasteiger partial charge in [-0.1, -0.05) is 67.1 Å². The van der Waals surface area contributed by atoms with Gasteiger partial charge in [0.1, 0.15) is 11.7 Å². The van der Waals surface area contributed by atoms with Crippen molar-refractivity contribution in [1.82, 2.24) is 5.32 Å². The van der Waals surface area contributed by atoms with Crippen molar-refractivity contribution < 1.29 is 23.9 Å². The molecule has 0 saturated heterocycles. The van der Waals surface area contributed by atoms with Crippen molar-refractivity contribution >= 4 is 17.7 Å². The first-order chi connectivity index (χ1) is 19.8. The van der Waals surface area contributed by atoms with E-state index >= 15 is 0 Å². The number of esters is 2. The van der Waals surface area contributed by atoms with Crippen LogP contribution in [0.5, 0.6) is 0 Å². The van der Waals surface area contributed by atoms with Crippen LogP contribution in [0.4, 0.5) is 0 Å². The fourth-order valence-electron chi connectivity index (χ4n) is 4.83. The summed E-state index contributed by atoms with van der Waals surface area (Å²) in [5, 5.41) is 3.50. The number of ether oxygens (including phenoxy) is 2. The number of allylic oxidation sites excluding steroid dienone is 1. The van der Waals surface area contributed by atoms with Crippen molar-refractivity contribution in [1.29, 1.82) is 0 Å². The maximum Gasteiger partial charge on any atom is 0.335 e. The number of carbonyl (C=O) groups excluding carboxylic acids is 3. The SMILES string of the molecule is CC(N)c1ccccc1.CCOC(=O)C1=C(N[C@H](C)c2ccccc2)CCCC1.CCOC(=O)C1CCCCC1=O. The minimum absolute atomic E-state index is 0.0553. The molecule has 2 aliphatic carbocycles. The zero-order valence-corrected chi connectivity index (χ0v) is 25.2. The van der Waals surface area contributed by atoms with Crippen LogP contribution in [0.2, 0.25) is 0 Å². The van der Waals surface area contributed by atoms with Crippen LogP contribution in [0.25, 0.3) is 0 Å². The maximum atomic E-state index is 12.0. The molecule has 0 bridgehead atoms. The van der Waals surface area contributed by atoms with E-state index in [0.29, 0.717) is 26.1 Å². The summed E-state index contributed by atoms with van der Waals surface area (Å²) in [5.74, 6) is -0.893. The number of Topliss-reactive ketones (excluding diaryl/α,β-unsaturated/α-hetero) is 1. The fraction of sp³-hybridized carbons (Fsp3) is 0.500. The molecular formula is C34H48N2O5. The van der Waals surface area contributed by atoms with Crippen LogP contribution in [-0.2, 0) is 23.9 Å². The summed E-state index contributed by atoms with van der Waals surface area (Å²) in [6.07, 6.45) is 7.07. The number of nitrogens with one attached hydrogen (secondary N) is 1. The predicted octanol–water partition coefficient (Wildman–Crippen LogP) is 6.74. The second-order valence-corrected chi connectivity index (χ2v) is 10.4. The van der Waals surface area contributed by atoms with E-state index in [1.807, 2.05) is 62.4 Å². The molecule has 0 aromatic heterocycles. The average molecular weight is 565 g/mol. The van der Waals surface area contributed by atoms with Crippen LogP contribution in [0.15, 0.2) is 71.9 Å². The number of rotatable bonds is 8.